The maximum absolute atomic E-state index is 12.2. The summed E-state index contributed by atoms with van der Waals surface area (Å²) in [5.41, 5.74) is 0. The van der Waals surface area contributed by atoms with Crippen molar-refractivity contribution in [3.8, 4) is 0 Å². The molecule has 2 aliphatic heterocycles. The van der Waals surface area contributed by atoms with Crippen LogP contribution in [-0.2, 0) is 14.4 Å². The van der Waals surface area contributed by atoms with Gasteiger partial charge in [0.15, 0.2) is 0 Å². The number of nitrogens with zero attached hydrogens (tertiary/aromatic N) is 3. The Balaban J connectivity index is 1.63. The molecule has 0 aromatic heterocycles. The van der Waals surface area contributed by atoms with E-state index in [1.165, 1.54) is 6.42 Å². The molecular formula is C18H32N4O4. The Morgan fingerprint density at radius 3 is 2.19 bits per heavy atom. The number of likely N-dealkylation sites (tertiary alicyclic amines) is 1. The van der Waals surface area contributed by atoms with Gasteiger partial charge in [-0.1, -0.05) is 6.42 Å². The maximum Gasteiger partial charge on any atom is 0.317 e. The van der Waals surface area contributed by atoms with Gasteiger partial charge in [-0.25, -0.2) is 0 Å². The van der Waals surface area contributed by atoms with Crippen LogP contribution < -0.4 is 5.32 Å². The normalized spacial score (nSPS) is 25.1. The van der Waals surface area contributed by atoms with Crippen LogP contribution in [0.25, 0.3) is 0 Å². The fraction of sp³-hybridized carbons (Fsp3) is 0.833. The number of carboxylic acid groups (broad SMARTS) is 1. The first-order chi connectivity index (χ1) is 12.4. The molecule has 0 aromatic rings. The molecule has 0 spiro atoms. The van der Waals surface area contributed by atoms with Crippen LogP contribution in [0.15, 0.2) is 0 Å². The van der Waals surface area contributed by atoms with Gasteiger partial charge in [0.05, 0.1) is 13.1 Å². The topological polar surface area (TPSA) is 93.2 Å². The second-order valence-corrected chi connectivity index (χ2v) is 7.45. The number of piperidine rings is 1. The zero-order valence-corrected chi connectivity index (χ0v) is 15.9. The number of hydrogen-bond acceptors (Lipinski definition) is 5. The third-order valence-corrected chi connectivity index (χ3v) is 5.45. The van der Waals surface area contributed by atoms with Gasteiger partial charge in [0.1, 0.15) is 0 Å². The van der Waals surface area contributed by atoms with Crippen molar-refractivity contribution in [1.29, 1.82) is 0 Å². The number of carbonyl (C=O) groups excluding carboxylic acids is 2. The summed E-state index contributed by atoms with van der Waals surface area (Å²) in [6.07, 6.45) is 3.76. The molecule has 0 aliphatic carbocycles. The highest BCUT2D eigenvalue weighted by molar-refractivity contribution is 5.80. The lowest BCUT2D eigenvalue weighted by molar-refractivity contribution is -0.139. The first kappa shape index (κ1) is 20.6. The third-order valence-electron chi connectivity index (χ3n) is 5.45. The molecule has 0 saturated carbocycles. The van der Waals surface area contributed by atoms with Crippen LogP contribution in [0.2, 0.25) is 0 Å². The number of nitrogens with one attached hydrogen (secondary N) is 1. The number of rotatable bonds is 7. The molecule has 0 bridgehead atoms. The van der Waals surface area contributed by atoms with E-state index in [9.17, 15) is 14.4 Å². The SMILES string of the molecule is CC1CCCC(C)N1CC(=O)NCCC(=O)N1CCN(CC(=O)O)CC1. The quantitative estimate of drug-likeness (QED) is 0.656. The molecule has 0 aromatic carbocycles. The summed E-state index contributed by atoms with van der Waals surface area (Å²) in [6.45, 7) is 7.34. The molecule has 2 heterocycles. The van der Waals surface area contributed by atoms with Gasteiger partial charge >= 0.3 is 5.97 Å². The van der Waals surface area contributed by atoms with Crippen molar-refractivity contribution < 1.29 is 19.5 Å². The molecule has 2 unspecified atom stereocenters. The van der Waals surface area contributed by atoms with Crippen LogP contribution in [0.5, 0.6) is 0 Å². The lowest BCUT2D eigenvalue weighted by atomic mass is 9.97. The average molecular weight is 368 g/mol. The summed E-state index contributed by atoms with van der Waals surface area (Å²) in [5.74, 6) is -0.852. The zero-order chi connectivity index (χ0) is 19.1. The Morgan fingerprint density at radius 1 is 1.00 bits per heavy atom. The van der Waals surface area contributed by atoms with Crippen LogP contribution in [-0.4, -0.2) is 95.5 Å². The highest BCUT2D eigenvalue weighted by Crippen LogP contribution is 2.21. The van der Waals surface area contributed by atoms with E-state index in [0.717, 1.165) is 12.8 Å². The molecule has 2 amide bonds. The van der Waals surface area contributed by atoms with E-state index in [1.54, 1.807) is 4.90 Å². The number of carboxylic acids is 1. The number of amides is 2. The third kappa shape index (κ3) is 6.25. The van der Waals surface area contributed by atoms with Crippen LogP contribution in [0.1, 0.15) is 39.5 Å². The number of hydrogen-bond donors (Lipinski definition) is 2. The van der Waals surface area contributed by atoms with Gasteiger partial charge in [-0.3, -0.25) is 24.2 Å². The van der Waals surface area contributed by atoms with E-state index in [1.807, 2.05) is 4.90 Å². The predicted molar refractivity (Wildman–Crippen MR) is 97.8 cm³/mol. The minimum absolute atomic E-state index is 0.0139. The standard InChI is InChI=1S/C18H32N4O4/c1-14-4-3-5-15(2)22(14)12-16(23)19-7-6-17(24)21-10-8-20(9-11-21)13-18(25)26/h14-15H,3-13H2,1-2H3,(H,19,23)(H,25,26). The van der Waals surface area contributed by atoms with E-state index >= 15 is 0 Å². The van der Waals surface area contributed by atoms with Crippen LogP contribution in [0.4, 0.5) is 0 Å². The number of aliphatic carboxylic acids is 1. The molecule has 0 radical (unpaired) electrons. The number of carbonyl (C=O) groups is 3. The summed E-state index contributed by atoms with van der Waals surface area (Å²) in [7, 11) is 0. The van der Waals surface area contributed by atoms with E-state index in [4.69, 9.17) is 5.11 Å². The van der Waals surface area contributed by atoms with Crippen LogP contribution in [0.3, 0.4) is 0 Å². The van der Waals surface area contributed by atoms with Gasteiger partial charge in [-0.15, -0.1) is 0 Å². The largest absolute Gasteiger partial charge is 0.480 e. The van der Waals surface area contributed by atoms with Crippen molar-refractivity contribution in [1.82, 2.24) is 20.0 Å². The molecule has 26 heavy (non-hydrogen) atoms. The molecule has 2 fully saturated rings. The van der Waals surface area contributed by atoms with Gasteiger partial charge in [-0.2, -0.15) is 0 Å². The van der Waals surface area contributed by atoms with Crippen molar-refractivity contribution >= 4 is 17.8 Å². The Bertz CT molecular complexity index is 495. The van der Waals surface area contributed by atoms with Gasteiger partial charge in [0.25, 0.3) is 0 Å². The summed E-state index contributed by atoms with van der Waals surface area (Å²) in [4.78, 5) is 40.9. The van der Waals surface area contributed by atoms with Crippen molar-refractivity contribution in [2.24, 2.45) is 0 Å². The molecule has 2 rings (SSSR count). The second kappa shape index (κ2) is 9.87. The zero-order valence-electron chi connectivity index (χ0n) is 15.9. The Labute approximate surface area is 155 Å². The second-order valence-electron chi connectivity index (χ2n) is 7.45. The van der Waals surface area contributed by atoms with E-state index in [-0.39, 0.29) is 24.8 Å². The molecule has 2 saturated heterocycles. The molecule has 148 valence electrons. The lowest BCUT2D eigenvalue weighted by Crippen LogP contribution is -2.51. The average Bonchev–Trinajstić information content (AvgIpc) is 2.58. The minimum atomic E-state index is -0.843. The first-order valence-electron chi connectivity index (χ1n) is 9.61. The molecule has 8 heteroatoms. The van der Waals surface area contributed by atoms with Crippen molar-refractivity contribution in [3.05, 3.63) is 0 Å². The molecule has 2 N–H and O–H groups in total. The van der Waals surface area contributed by atoms with Gasteiger partial charge < -0.3 is 15.3 Å². The van der Waals surface area contributed by atoms with Crippen LogP contribution >= 0.6 is 0 Å². The van der Waals surface area contributed by atoms with Gasteiger partial charge in [0.2, 0.25) is 11.8 Å². The maximum atomic E-state index is 12.2. The minimum Gasteiger partial charge on any atom is -0.480 e. The summed E-state index contributed by atoms with van der Waals surface area (Å²) in [5, 5.41) is 11.7. The Kier molecular flexibility index (Phi) is 7.84. The molecule has 2 aliphatic rings. The highest BCUT2D eigenvalue weighted by Gasteiger charge is 2.26. The van der Waals surface area contributed by atoms with E-state index in [0.29, 0.717) is 51.4 Å². The van der Waals surface area contributed by atoms with Crippen molar-refractivity contribution in [3.63, 3.8) is 0 Å². The molecule has 8 nitrogen and oxygen atoms in total. The van der Waals surface area contributed by atoms with Crippen molar-refractivity contribution in [2.45, 2.75) is 51.6 Å². The summed E-state index contributed by atoms with van der Waals surface area (Å²) in [6, 6.07) is 0.849. The lowest BCUT2D eigenvalue weighted by Gasteiger charge is -2.38. The fourth-order valence-electron chi connectivity index (χ4n) is 3.82. The molecular weight excluding hydrogens is 336 g/mol. The van der Waals surface area contributed by atoms with Crippen molar-refractivity contribution in [2.75, 3.05) is 45.8 Å². The van der Waals surface area contributed by atoms with E-state index < -0.39 is 5.97 Å². The van der Waals surface area contributed by atoms with Gasteiger partial charge in [0, 0.05) is 51.2 Å². The summed E-state index contributed by atoms with van der Waals surface area (Å²) < 4.78 is 0. The number of piperazine rings is 1. The monoisotopic (exact) mass is 368 g/mol. The van der Waals surface area contributed by atoms with Gasteiger partial charge in [-0.05, 0) is 26.7 Å². The highest BCUT2D eigenvalue weighted by atomic mass is 16.4. The molecule has 2 atom stereocenters. The Morgan fingerprint density at radius 2 is 1.62 bits per heavy atom. The first-order valence-corrected chi connectivity index (χ1v) is 9.61. The smallest absolute Gasteiger partial charge is 0.317 e. The van der Waals surface area contributed by atoms with Crippen LogP contribution in [0, 0.1) is 0 Å². The van der Waals surface area contributed by atoms with E-state index in [2.05, 4.69) is 24.1 Å². The predicted octanol–water partition coefficient (Wildman–Crippen LogP) is -0.0156. The fourth-order valence-corrected chi connectivity index (χ4v) is 3.82. The Hall–Kier alpha value is -1.67. The summed E-state index contributed by atoms with van der Waals surface area (Å²) >= 11 is 0.